The lowest BCUT2D eigenvalue weighted by atomic mass is 10.3. The van der Waals surface area contributed by atoms with E-state index in [4.69, 9.17) is 19.9 Å². The molecule has 0 fully saturated rings. The van der Waals surface area contributed by atoms with Gasteiger partial charge in [-0.05, 0) is 18.2 Å². The summed E-state index contributed by atoms with van der Waals surface area (Å²) in [5, 5.41) is 2.93. The smallest absolute Gasteiger partial charge is 0.417 e. The number of anilines is 1. The van der Waals surface area contributed by atoms with Crippen LogP contribution in [0.2, 0.25) is 0 Å². The van der Waals surface area contributed by atoms with Crippen LogP contribution in [0.1, 0.15) is 12.0 Å². The van der Waals surface area contributed by atoms with Crippen LogP contribution >= 0.6 is 0 Å². The molecule has 2 heterocycles. The van der Waals surface area contributed by atoms with Crippen molar-refractivity contribution in [3.63, 3.8) is 0 Å². The molecule has 2 aromatic rings. The van der Waals surface area contributed by atoms with Crippen LogP contribution in [0.4, 0.5) is 18.9 Å². The van der Waals surface area contributed by atoms with Crippen LogP contribution in [0, 0.1) is 0 Å². The van der Waals surface area contributed by atoms with Gasteiger partial charge in [-0.2, -0.15) is 13.2 Å². The maximum absolute atomic E-state index is 12.5. The Balaban J connectivity index is 1.48. The average molecular weight is 396 g/mol. The number of nitrogens with zero attached hydrogens (tertiary/aromatic N) is 2. The summed E-state index contributed by atoms with van der Waals surface area (Å²) >= 11 is 0. The number of alkyl halides is 3. The molecule has 28 heavy (non-hydrogen) atoms. The van der Waals surface area contributed by atoms with Crippen LogP contribution in [-0.2, 0) is 6.18 Å². The number of rotatable bonds is 5. The van der Waals surface area contributed by atoms with Crippen molar-refractivity contribution in [2.24, 2.45) is 10.7 Å². The lowest BCUT2D eigenvalue weighted by Gasteiger charge is -2.11. The maximum atomic E-state index is 12.5. The summed E-state index contributed by atoms with van der Waals surface area (Å²) in [7, 11) is 0. The second-order valence-corrected chi connectivity index (χ2v) is 5.84. The number of nitrogens with one attached hydrogen (secondary N) is 1. The highest BCUT2D eigenvalue weighted by molar-refractivity contribution is 5.92. The zero-order chi connectivity index (χ0) is 20.0. The van der Waals surface area contributed by atoms with Crippen molar-refractivity contribution in [1.82, 2.24) is 4.98 Å². The van der Waals surface area contributed by atoms with Gasteiger partial charge >= 0.3 is 6.18 Å². The Kier molecular flexibility index (Phi) is 6.07. The fourth-order valence-corrected chi connectivity index (χ4v) is 2.38. The highest BCUT2D eigenvalue weighted by Crippen LogP contribution is 2.32. The van der Waals surface area contributed by atoms with Gasteiger partial charge in [-0.1, -0.05) is 0 Å². The van der Waals surface area contributed by atoms with Crippen LogP contribution < -0.4 is 25.3 Å². The van der Waals surface area contributed by atoms with Gasteiger partial charge in [-0.15, -0.1) is 0 Å². The zero-order valence-electron chi connectivity index (χ0n) is 14.8. The molecule has 1 aliphatic heterocycles. The predicted molar refractivity (Wildman–Crippen MR) is 96.9 cm³/mol. The molecule has 0 saturated heterocycles. The molecule has 1 aliphatic rings. The molecule has 0 saturated carbocycles. The number of hydrogen-bond donors (Lipinski definition) is 2. The van der Waals surface area contributed by atoms with E-state index < -0.39 is 11.7 Å². The van der Waals surface area contributed by atoms with E-state index in [1.54, 1.807) is 18.2 Å². The van der Waals surface area contributed by atoms with Crippen molar-refractivity contribution in [3.8, 4) is 17.4 Å². The third-order valence-corrected chi connectivity index (χ3v) is 3.71. The Bertz CT molecular complexity index is 826. The SMILES string of the molecule is NC(=NCCOc1ccc(C(F)(F)F)cn1)Nc1ccc2c(c1)OCCCO2. The molecule has 150 valence electrons. The third kappa shape index (κ3) is 5.41. The molecular formula is C18H19F3N4O3. The number of pyridine rings is 1. The lowest BCUT2D eigenvalue weighted by molar-refractivity contribution is -0.137. The summed E-state index contributed by atoms with van der Waals surface area (Å²) in [6.07, 6.45) is -2.89. The van der Waals surface area contributed by atoms with Crippen molar-refractivity contribution in [2.75, 3.05) is 31.7 Å². The molecule has 10 heteroatoms. The summed E-state index contributed by atoms with van der Waals surface area (Å²) in [5.41, 5.74) is 5.69. The Hall–Kier alpha value is -3.17. The summed E-state index contributed by atoms with van der Waals surface area (Å²) < 4.78 is 53.8. The van der Waals surface area contributed by atoms with Crippen molar-refractivity contribution >= 4 is 11.6 Å². The third-order valence-electron chi connectivity index (χ3n) is 3.71. The van der Waals surface area contributed by atoms with E-state index in [1.165, 1.54) is 0 Å². The average Bonchev–Trinajstić information content (AvgIpc) is 2.90. The van der Waals surface area contributed by atoms with Crippen LogP contribution in [-0.4, -0.2) is 37.3 Å². The molecule has 0 unspecified atom stereocenters. The van der Waals surface area contributed by atoms with E-state index in [0.29, 0.717) is 30.4 Å². The van der Waals surface area contributed by atoms with Gasteiger partial charge in [-0.25, -0.2) is 9.98 Å². The van der Waals surface area contributed by atoms with Crippen molar-refractivity contribution in [3.05, 3.63) is 42.1 Å². The quantitative estimate of drug-likeness (QED) is 0.459. The maximum Gasteiger partial charge on any atom is 0.417 e. The van der Waals surface area contributed by atoms with E-state index in [-0.39, 0.29) is 25.0 Å². The fraction of sp³-hybridized carbons (Fsp3) is 0.333. The number of halogens is 3. The molecule has 0 bridgehead atoms. The summed E-state index contributed by atoms with van der Waals surface area (Å²) in [6, 6.07) is 7.41. The Labute approximate surface area is 159 Å². The van der Waals surface area contributed by atoms with Gasteiger partial charge < -0.3 is 25.3 Å². The first-order chi connectivity index (χ1) is 13.4. The molecule has 0 aliphatic carbocycles. The predicted octanol–water partition coefficient (Wildman–Crippen LogP) is 3.07. The van der Waals surface area contributed by atoms with Gasteiger partial charge in [0.1, 0.15) is 6.61 Å². The van der Waals surface area contributed by atoms with Gasteiger partial charge in [0, 0.05) is 30.4 Å². The number of aromatic nitrogens is 1. The molecular weight excluding hydrogens is 377 g/mol. The number of fused-ring (bicyclic) bond motifs is 1. The molecule has 1 aromatic carbocycles. The van der Waals surface area contributed by atoms with E-state index in [1.807, 2.05) is 0 Å². The van der Waals surface area contributed by atoms with Gasteiger partial charge in [-0.3, -0.25) is 0 Å². The molecule has 3 N–H and O–H groups in total. The van der Waals surface area contributed by atoms with Gasteiger partial charge in [0.2, 0.25) is 5.88 Å². The zero-order valence-corrected chi connectivity index (χ0v) is 14.8. The largest absolute Gasteiger partial charge is 0.490 e. The highest BCUT2D eigenvalue weighted by Gasteiger charge is 2.30. The highest BCUT2D eigenvalue weighted by atomic mass is 19.4. The first-order valence-electron chi connectivity index (χ1n) is 8.54. The number of benzene rings is 1. The Morgan fingerprint density at radius 3 is 2.68 bits per heavy atom. The van der Waals surface area contributed by atoms with Crippen molar-refractivity contribution in [2.45, 2.75) is 12.6 Å². The van der Waals surface area contributed by atoms with Crippen LogP contribution in [0.5, 0.6) is 17.4 Å². The van der Waals surface area contributed by atoms with E-state index >= 15 is 0 Å². The normalized spacial score (nSPS) is 14.3. The Morgan fingerprint density at radius 2 is 1.96 bits per heavy atom. The number of nitrogens with two attached hydrogens (primary N) is 1. The van der Waals surface area contributed by atoms with Gasteiger partial charge in [0.25, 0.3) is 0 Å². The summed E-state index contributed by atoms with van der Waals surface area (Å²) in [4.78, 5) is 7.72. The monoisotopic (exact) mass is 396 g/mol. The topological polar surface area (TPSA) is 91.0 Å². The first kappa shape index (κ1) is 19.6. The molecule has 1 aromatic heterocycles. The first-order valence-corrected chi connectivity index (χ1v) is 8.54. The number of guanidine groups is 1. The second-order valence-electron chi connectivity index (χ2n) is 5.84. The number of aliphatic imine (C=N–C) groups is 1. The molecule has 7 nitrogen and oxygen atoms in total. The Morgan fingerprint density at radius 1 is 1.18 bits per heavy atom. The van der Waals surface area contributed by atoms with E-state index in [0.717, 1.165) is 24.8 Å². The van der Waals surface area contributed by atoms with Crippen LogP contribution in [0.15, 0.2) is 41.5 Å². The minimum Gasteiger partial charge on any atom is -0.490 e. The molecule has 0 spiro atoms. The number of ether oxygens (including phenoxy) is 3. The number of hydrogen-bond acceptors (Lipinski definition) is 5. The molecule has 0 radical (unpaired) electrons. The second kappa shape index (κ2) is 8.68. The fourth-order valence-electron chi connectivity index (χ4n) is 2.38. The molecule has 0 atom stereocenters. The van der Waals surface area contributed by atoms with E-state index in [9.17, 15) is 13.2 Å². The molecule has 3 rings (SSSR count). The minimum atomic E-state index is -4.43. The van der Waals surface area contributed by atoms with Gasteiger partial charge in [0.15, 0.2) is 17.5 Å². The van der Waals surface area contributed by atoms with E-state index in [2.05, 4.69) is 15.3 Å². The lowest BCUT2D eigenvalue weighted by Crippen LogP contribution is -2.23. The standard InChI is InChI=1S/C18H19F3N4O3/c19-18(20,21)12-2-5-16(24-11-12)28-9-6-23-17(22)25-13-3-4-14-15(10-13)27-8-1-7-26-14/h2-5,10-11H,1,6-9H2,(H3,22,23,25). The van der Waals surface area contributed by atoms with Crippen LogP contribution in [0.3, 0.4) is 0 Å². The molecule has 0 amide bonds. The minimum absolute atomic E-state index is 0.0811. The van der Waals surface area contributed by atoms with Crippen molar-refractivity contribution in [1.29, 1.82) is 0 Å². The van der Waals surface area contributed by atoms with Gasteiger partial charge in [0.05, 0.1) is 25.3 Å². The van der Waals surface area contributed by atoms with Crippen LogP contribution in [0.25, 0.3) is 0 Å². The van der Waals surface area contributed by atoms with Crippen molar-refractivity contribution < 1.29 is 27.4 Å². The summed E-state index contributed by atoms with van der Waals surface area (Å²) in [5.74, 6) is 1.55. The summed E-state index contributed by atoms with van der Waals surface area (Å²) in [6.45, 7) is 1.50.